The van der Waals surface area contributed by atoms with E-state index in [4.69, 9.17) is 4.74 Å². The summed E-state index contributed by atoms with van der Waals surface area (Å²) in [4.78, 5) is 27.3. The number of carbonyl (C=O) groups is 2. The minimum atomic E-state index is -3.58. The van der Waals surface area contributed by atoms with Crippen LogP contribution in [0.2, 0.25) is 0 Å². The zero-order valence-electron chi connectivity index (χ0n) is 13.9. The van der Waals surface area contributed by atoms with Gasteiger partial charge in [-0.1, -0.05) is 0 Å². The van der Waals surface area contributed by atoms with E-state index in [9.17, 15) is 22.4 Å². The fourth-order valence-corrected chi connectivity index (χ4v) is 4.00. The van der Waals surface area contributed by atoms with Crippen molar-refractivity contribution in [2.24, 2.45) is 0 Å². The fraction of sp³-hybridized carbons (Fsp3) is 0.312. The standard InChI is InChI=1S/C16H17FN2O5S2/c1-2-24-15(21)13-10-25-16(18-13)19-14(20)4-3-9-26(22,23)12-7-5-11(17)6-8-12/h5-8,10H,2-4,9H2,1H3,(H,18,19,20). The molecule has 0 aliphatic heterocycles. The molecule has 1 aromatic heterocycles. The highest BCUT2D eigenvalue weighted by Gasteiger charge is 2.16. The molecule has 0 saturated carbocycles. The number of nitrogens with one attached hydrogen (secondary N) is 1. The first kappa shape index (κ1) is 20.0. The van der Waals surface area contributed by atoms with Crippen LogP contribution in [0, 0.1) is 5.82 Å². The minimum absolute atomic E-state index is 0.0123. The van der Waals surface area contributed by atoms with Gasteiger partial charge in [0.15, 0.2) is 20.7 Å². The maximum absolute atomic E-state index is 12.9. The van der Waals surface area contributed by atoms with Gasteiger partial charge in [-0.25, -0.2) is 22.6 Å². The Kier molecular flexibility index (Phi) is 6.81. The molecule has 0 fully saturated rings. The van der Waals surface area contributed by atoms with Crippen LogP contribution in [0.25, 0.3) is 0 Å². The highest BCUT2D eigenvalue weighted by molar-refractivity contribution is 7.91. The fourth-order valence-electron chi connectivity index (χ4n) is 1.99. The number of esters is 1. The zero-order chi connectivity index (χ0) is 19.2. The molecule has 0 aliphatic carbocycles. The maximum Gasteiger partial charge on any atom is 0.357 e. The molecule has 1 aromatic carbocycles. The number of sulfone groups is 1. The van der Waals surface area contributed by atoms with Crippen LogP contribution >= 0.6 is 11.3 Å². The summed E-state index contributed by atoms with van der Waals surface area (Å²) in [6, 6.07) is 4.53. The van der Waals surface area contributed by atoms with Gasteiger partial charge in [-0.05, 0) is 37.6 Å². The Balaban J connectivity index is 1.83. The number of nitrogens with zero attached hydrogens (tertiary/aromatic N) is 1. The number of anilines is 1. The molecule has 140 valence electrons. The average Bonchev–Trinajstić information content (AvgIpc) is 3.04. The van der Waals surface area contributed by atoms with Crippen molar-refractivity contribution in [1.29, 1.82) is 0 Å². The van der Waals surface area contributed by atoms with Gasteiger partial charge >= 0.3 is 5.97 Å². The summed E-state index contributed by atoms with van der Waals surface area (Å²) in [6.45, 7) is 1.90. The number of amides is 1. The van der Waals surface area contributed by atoms with Gasteiger partial charge in [-0.15, -0.1) is 11.3 Å². The maximum atomic E-state index is 12.9. The highest BCUT2D eigenvalue weighted by atomic mass is 32.2. The molecule has 26 heavy (non-hydrogen) atoms. The van der Waals surface area contributed by atoms with Crippen molar-refractivity contribution in [1.82, 2.24) is 4.98 Å². The van der Waals surface area contributed by atoms with Crippen molar-refractivity contribution in [3.05, 3.63) is 41.2 Å². The van der Waals surface area contributed by atoms with E-state index in [1.165, 1.54) is 17.5 Å². The smallest absolute Gasteiger partial charge is 0.357 e. The zero-order valence-corrected chi connectivity index (χ0v) is 15.5. The largest absolute Gasteiger partial charge is 0.461 e. The minimum Gasteiger partial charge on any atom is -0.461 e. The van der Waals surface area contributed by atoms with Crippen molar-refractivity contribution >= 4 is 38.2 Å². The van der Waals surface area contributed by atoms with E-state index in [2.05, 4.69) is 10.3 Å². The number of rotatable bonds is 8. The molecule has 1 N–H and O–H groups in total. The molecule has 7 nitrogen and oxygen atoms in total. The lowest BCUT2D eigenvalue weighted by molar-refractivity contribution is -0.116. The molecule has 0 aliphatic rings. The number of halogens is 1. The molecule has 10 heteroatoms. The van der Waals surface area contributed by atoms with Crippen molar-refractivity contribution < 1.29 is 27.1 Å². The van der Waals surface area contributed by atoms with Crippen LogP contribution in [-0.2, 0) is 19.4 Å². The Morgan fingerprint density at radius 3 is 2.62 bits per heavy atom. The second kappa shape index (κ2) is 8.86. The molecule has 0 radical (unpaired) electrons. The normalized spacial score (nSPS) is 11.2. The molecule has 0 bridgehead atoms. The number of hydrogen-bond donors (Lipinski definition) is 1. The van der Waals surface area contributed by atoms with E-state index >= 15 is 0 Å². The third-order valence-corrected chi connectivity index (χ3v) is 5.80. The molecular weight excluding hydrogens is 383 g/mol. The molecule has 0 unspecified atom stereocenters. The monoisotopic (exact) mass is 400 g/mol. The molecule has 0 saturated heterocycles. The number of thiazole rings is 1. The van der Waals surface area contributed by atoms with Gasteiger partial charge in [-0.3, -0.25) is 4.79 Å². The van der Waals surface area contributed by atoms with Gasteiger partial charge in [0.1, 0.15) is 5.82 Å². The van der Waals surface area contributed by atoms with Crippen LogP contribution in [0.15, 0.2) is 34.5 Å². The van der Waals surface area contributed by atoms with Gasteiger partial charge in [-0.2, -0.15) is 0 Å². The van der Waals surface area contributed by atoms with Crippen LogP contribution in [0.5, 0.6) is 0 Å². The summed E-state index contributed by atoms with van der Waals surface area (Å²) in [5, 5.41) is 4.21. The first-order valence-electron chi connectivity index (χ1n) is 7.72. The van der Waals surface area contributed by atoms with Crippen LogP contribution in [0.3, 0.4) is 0 Å². The Morgan fingerprint density at radius 1 is 1.27 bits per heavy atom. The Hall–Kier alpha value is -2.33. The van der Waals surface area contributed by atoms with E-state index in [1.54, 1.807) is 6.92 Å². The van der Waals surface area contributed by atoms with Gasteiger partial charge < -0.3 is 10.1 Å². The van der Waals surface area contributed by atoms with E-state index in [-0.39, 0.29) is 40.9 Å². The van der Waals surface area contributed by atoms with E-state index in [1.807, 2.05) is 0 Å². The summed E-state index contributed by atoms with van der Waals surface area (Å²) >= 11 is 1.07. The first-order chi connectivity index (χ1) is 12.3. The lowest BCUT2D eigenvalue weighted by atomic mass is 10.3. The highest BCUT2D eigenvalue weighted by Crippen LogP contribution is 2.17. The van der Waals surface area contributed by atoms with Crippen LogP contribution < -0.4 is 5.32 Å². The number of carbonyl (C=O) groups excluding carboxylic acids is 2. The SMILES string of the molecule is CCOC(=O)c1csc(NC(=O)CCCS(=O)(=O)c2ccc(F)cc2)n1. The number of hydrogen-bond acceptors (Lipinski definition) is 7. The Morgan fingerprint density at radius 2 is 1.96 bits per heavy atom. The second-order valence-electron chi connectivity index (χ2n) is 5.18. The predicted molar refractivity (Wildman–Crippen MR) is 94.4 cm³/mol. The Labute approximate surface area is 154 Å². The average molecular weight is 400 g/mol. The van der Waals surface area contributed by atoms with Gasteiger partial charge in [0, 0.05) is 11.8 Å². The van der Waals surface area contributed by atoms with Crippen LogP contribution in [-0.4, -0.2) is 37.6 Å². The summed E-state index contributed by atoms with van der Waals surface area (Å²) in [5.41, 5.74) is 0.103. The Bertz CT molecular complexity index is 878. The third-order valence-electron chi connectivity index (χ3n) is 3.22. The van der Waals surface area contributed by atoms with Crippen molar-refractivity contribution in [2.75, 3.05) is 17.7 Å². The first-order valence-corrected chi connectivity index (χ1v) is 10.3. The van der Waals surface area contributed by atoms with Gasteiger partial charge in [0.05, 0.1) is 17.3 Å². The van der Waals surface area contributed by atoms with Gasteiger partial charge in [0.25, 0.3) is 0 Å². The summed E-state index contributed by atoms with van der Waals surface area (Å²) in [7, 11) is -3.58. The van der Waals surface area contributed by atoms with Crippen molar-refractivity contribution in [3.63, 3.8) is 0 Å². The summed E-state index contributed by atoms with van der Waals surface area (Å²) in [5.74, 6) is -1.74. The van der Waals surface area contributed by atoms with E-state index in [0.717, 1.165) is 23.5 Å². The van der Waals surface area contributed by atoms with Crippen molar-refractivity contribution in [3.8, 4) is 0 Å². The lowest BCUT2D eigenvalue weighted by Gasteiger charge is -2.05. The van der Waals surface area contributed by atoms with E-state index < -0.39 is 27.5 Å². The molecule has 2 aromatic rings. The molecule has 0 spiro atoms. The molecule has 1 amide bonds. The number of benzene rings is 1. The van der Waals surface area contributed by atoms with Crippen LogP contribution in [0.1, 0.15) is 30.3 Å². The molecule has 0 atom stereocenters. The summed E-state index contributed by atoms with van der Waals surface area (Å²) in [6.07, 6.45) is 0.0659. The second-order valence-corrected chi connectivity index (χ2v) is 8.15. The third kappa shape index (κ3) is 5.60. The lowest BCUT2D eigenvalue weighted by Crippen LogP contribution is -2.14. The number of ether oxygens (including phenoxy) is 1. The van der Waals surface area contributed by atoms with E-state index in [0.29, 0.717) is 0 Å². The van der Waals surface area contributed by atoms with Crippen LogP contribution in [0.4, 0.5) is 9.52 Å². The molecule has 1 heterocycles. The molecule has 2 rings (SSSR count). The van der Waals surface area contributed by atoms with Gasteiger partial charge in [0.2, 0.25) is 5.91 Å². The topological polar surface area (TPSA) is 102 Å². The quantitative estimate of drug-likeness (QED) is 0.540. The predicted octanol–water partition coefficient (Wildman–Crippen LogP) is 2.65. The van der Waals surface area contributed by atoms with Crippen molar-refractivity contribution in [2.45, 2.75) is 24.7 Å². The summed E-state index contributed by atoms with van der Waals surface area (Å²) < 4.78 is 41.9. The molecular formula is C16H17FN2O5S2. The number of aromatic nitrogens is 1.